The van der Waals surface area contributed by atoms with Crippen LogP contribution in [0.5, 0.6) is 0 Å². The molecule has 2 aromatic rings. The van der Waals surface area contributed by atoms with Crippen LogP contribution in [0.25, 0.3) is 5.69 Å². The summed E-state index contributed by atoms with van der Waals surface area (Å²) in [6, 6.07) is 12.3. The van der Waals surface area contributed by atoms with Gasteiger partial charge in [-0.05, 0) is 44.0 Å². The van der Waals surface area contributed by atoms with Crippen LogP contribution in [0.2, 0.25) is 0 Å². The van der Waals surface area contributed by atoms with E-state index in [1.54, 1.807) is 0 Å². The van der Waals surface area contributed by atoms with E-state index in [0.717, 1.165) is 16.9 Å². The Morgan fingerprint density at radius 3 is 2.50 bits per heavy atom. The van der Waals surface area contributed by atoms with Crippen LogP contribution in [0.15, 0.2) is 36.4 Å². The molecule has 96 valence electrons. The highest BCUT2D eigenvalue weighted by Gasteiger charge is 2.15. The molecule has 2 rings (SSSR count). The number of aromatic nitrogens is 1. The molecule has 0 saturated carbocycles. The normalized spacial score (nSPS) is 12.7. The molecule has 0 aliphatic carbocycles. The summed E-state index contributed by atoms with van der Waals surface area (Å²) in [6.07, 6.45) is 0.596. The van der Waals surface area contributed by atoms with Crippen LogP contribution in [-0.4, -0.2) is 16.3 Å². The summed E-state index contributed by atoms with van der Waals surface area (Å²) in [4.78, 5) is 0. The Kier molecular flexibility index (Phi) is 3.84. The SMILES string of the molecule is Cc1cc(C(N)CCO)c(C)n1-c1ccccc1. The standard InChI is InChI=1S/C15H20N2O/c1-11-10-14(15(16)8-9-18)12(2)17(11)13-6-4-3-5-7-13/h3-7,10,15,18H,8-9,16H2,1-2H3. The number of rotatable bonds is 4. The molecule has 0 aliphatic heterocycles. The number of benzene rings is 1. The van der Waals surface area contributed by atoms with E-state index in [9.17, 15) is 0 Å². The maximum atomic E-state index is 9.00. The van der Waals surface area contributed by atoms with Crippen molar-refractivity contribution in [2.45, 2.75) is 26.3 Å². The zero-order valence-corrected chi connectivity index (χ0v) is 10.9. The zero-order valence-electron chi connectivity index (χ0n) is 10.9. The smallest absolute Gasteiger partial charge is 0.0455 e. The van der Waals surface area contributed by atoms with E-state index in [-0.39, 0.29) is 12.6 Å². The first-order chi connectivity index (χ1) is 8.65. The summed E-state index contributed by atoms with van der Waals surface area (Å²) >= 11 is 0. The van der Waals surface area contributed by atoms with Gasteiger partial charge in [0.05, 0.1) is 0 Å². The van der Waals surface area contributed by atoms with Crippen molar-refractivity contribution in [2.75, 3.05) is 6.61 Å². The van der Waals surface area contributed by atoms with Crippen molar-refractivity contribution in [1.29, 1.82) is 0 Å². The van der Waals surface area contributed by atoms with Gasteiger partial charge in [0, 0.05) is 29.7 Å². The Balaban J connectivity index is 2.45. The molecule has 3 N–H and O–H groups in total. The Morgan fingerprint density at radius 2 is 1.89 bits per heavy atom. The van der Waals surface area contributed by atoms with E-state index in [1.165, 1.54) is 5.69 Å². The van der Waals surface area contributed by atoms with Crippen molar-refractivity contribution in [3.05, 3.63) is 53.3 Å². The summed E-state index contributed by atoms with van der Waals surface area (Å²) in [5, 5.41) is 9.00. The molecule has 0 bridgehead atoms. The predicted octanol–water partition coefficient (Wildman–Crippen LogP) is 2.48. The molecule has 0 amide bonds. The maximum Gasteiger partial charge on any atom is 0.0455 e. The van der Waals surface area contributed by atoms with Crippen molar-refractivity contribution < 1.29 is 5.11 Å². The number of hydrogen-bond acceptors (Lipinski definition) is 2. The zero-order chi connectivity index (χ0) is 13.1. The van der Waals surface area contributed by atoms with Gasteiger partial charge in [0.15, 0.2) is 0 Å². The van der Waals surface area contributed by atoms with Crippen LogP contribution in [0.3, 0.4) is 0 Å². The first-order valence-electron chi connectivity index (χ1n) is 6.26. The molecule has 3 nitrogen and oxygen atoms in total. The highest BCUT2D eigenvalue weighted by molar-refractivity contribution is 5.41. The lowest BCUT2D eigenvalue weighted by atomic mass is 10.1. The molecule has 1 atom stereocenters. The molecule has 0 spiro atoms. The summed E-state index contributed by atoms with van der Waals surface area (Å²) < 4.78 is 2.20. The monoisotopic (exact) mass is 244 g/mol. The summed E-state index contributed by atoms with van der Waals surface area (Å²) in [7, 11) is 0. The minimum absolute atomic E-state index is 0.0985. The average Bonchev–Trinajstić information content (AvgIpc) is 2.66. The van der Waals surface area contributed by atoms with Crippen molar-refractivity contribution in [2.24, 2.45) is 5.73 Å². The molecule has 1 unspecified atom stereocenters. The molecule has 1 aromatic heterocycles. The summed E-state index contributed by atoms with van der Waals surface area (Å²) in [5.41, 5.74) is 10.7. The highest BCUT2D eigenvalue weighted by atomic mass is 16.3. The minimum atomic E-state index is -0.0985. The van der Waals surface area contributed by atoms with Gasteiger partial charge < -0.3 is 15.4 Å². The lowest BCUT2D eigenvalue weighted by molar-refractivity contribution is 0.276. The first-order valence-corrected chi connectivity index (χ1v) is 6.26. The van der Waals surface area contributed by atoms with Crippen LogP contribution in [0.1, 0.15) is 29.4 Å². The molecule has 1 aromatic carbocycles. The Labute approximate surface area is 108 Å². The van der Waals surface area contributed by atoms with Crippen molar-refractivity contribution in [3.8, 4) is 5.69 Å². The number of nitrogens with two attached hydrogens (primary N) is 1. The molecule has 0 fully saturated rings. The number of aliphatic hydroxyl groups excluding tert-OH is 1. The lowest BCUT2D eigenvalue weighted by Crippen LogP contribution is -2.13. The predicted molar refractivity (Wildman–Crippen MR) is 73.9 cm³/mol. The number of aryl methyl sites for hydroxylation is 1. The fraction of sp³-hybridized carbons (Fsp3) is 0.333. The van der Waals surface area contributed by atoms with E-state index < -0.39 is 0 Å². The third-order valence-electron chi connectivity index (χ3n) is 3.32. The van der Waals surface area contributed by atoms with Crippen LogP contribution < -0.4 is 5.73 Å². The molecule has 0 saturated heterocycles. The number of para-hydroxylation sites is 1. The second kappa shape index (κ2) is 5.38. The molecule has 0 radical (unpaired) electrons. The quantitative estimate of drug-likeness (QED) is 0.868. The Hall–Kier alpha value is -1.58. The van der Waals surface area contributed by atoms with Gasteiger partial charge in [0.2, 0.25) is 0 Å². The largest absolute Gasteiger partial charge is 0.396 e. The average molecular weight is 244 g/mol. The third-order valence-corrected chi connectivity index (χ3v) is 3.32. The van der Waals surface area contributed by atoms with E-state index in [2.05, 4.69) is 36.6 Å². The van der Waals surface area contributed by atoms with Gasteiger partial charge >= 0.3 is 0 Å². The molecular formula is C15H20N2O. The summed E-state index contributed by atoms with van der Waals surface area (Å²) in [5.74, 6) is 0. The van der Waals surface area contributed by atoms with E-state index >= 15 is 0 Å². The third kappa shape index (κ3) is 2.33. The fourth-order valence-corrected chi connectivity index (χ4v) is 2.43. The fourth-order valence-electron chi connectivity index (χ4n) is 2.43. The van der Waals surface area contributed by atoms with Gasteiger partial charge in [-0.3, -0.25) is 0 Å². The topological polar surface area (TPSA) is 51.2 Å². The lowest BCUT2D eigenvalue weighted by Gasteiger charge is -2.12. The second-order valence-corrected chi connectivity index (χ2v) is 4.62. The van der Waals surface area contributed by atoms with Gasteiger partial charge in [-0.15, -0.1) is 0 Å². The number of nitrogens with zero attached hydrogens (tertiary/aromatic N) is 1. The van der Waals surface area contributed by atoms with Crippen molar-refractivity contribution in [3.63, 3.8) is 0 Å². The van der Waals surface area contributed by atoms with Gasteiger partial charge in [-0.1, -0.05) is 18.2 Å². The molecule has 0 aliphatic rings. The van der Waals surface area contributed by atoms with Crippen LogP contribution in [-0.2, 0) is 0 Å². The molecule has 3 heteroatoms. The highest BCUT2D eigenvalue weighted by Crippen LogP contribution is 2.25. The van der Waals surface area contributed by atoms with Crippen LogP contribution in [0, 0.1) is 13.8 Å². The van der Waals surface area contributed by atoms with Crippen molar-refractivity contribution >= 4 is 0 Å². The van der Waals surface area contributed by atoms with E-state index in [4.69, 9.17) is 10.8 Å². The van der Waals surface area contributed by atoms with Crippen molar-refractivity contribution in [1.82, 2.24) is 4.57 Å². The first kappa shape index (κ1) is 12.9. The van der Waals surface area contributed by atoms with E-state index in [0.29, 0.717) is 6.42 Å². The molecule has 1 heterocycles. The van der Waals surface area contributed by atoms with Gasteiger partial charge in [-0.25, -0.2) is 0 Å². The Bertz CT molecular complexity index is 517. The van der Waals surface area contributed by atoms with Gasteiger partial charge in [0.1, 0.15) is 0 Å². The van der Waals surface area contributed by atoms with Gasteiger partial charge in [-0.2, -0.15) is 0 Å². The molecule has 18 heavy (non-hydrogen) atoms. The summed E-state index contributed by atoms with van der Waals surface area (Å²) in [6.45, 7) is 4.28. The van der Waals surface area contributed by atoms with Crippen LogP contribution >= 0.6 is 0 Å². The van der Waals surface area contributed by atoms with E-state index in [1.807, 2.05) is 18.2 Å². The number of hydrogen-bond donors (Lipinski definition) is 2. The Morgan fingerprint density at radius 1 is 1.22 bits per heavy atom. The minimum Gasteiger partial charge on any atom is -0.396 e. The molecular weight excluding hydrogens is 224 g/mol. The maximum absolute atomic E-state index is 9.00. The second-order valence-electron chi connectivity index (χ2n) is 4.62. The van der Waals surface area contributed by atoms with Crippen LogP contribution in [0.4, 0.5) is 0 Å². The van der Waals surface area contributed by atoms with Gasteiger partial charge in [0.25, 0.3) is 0 Å². The number of aliphatic hydroxyl groups is 1.